The average molecular weight is 236 g/mol. The largest absolute Gasteiger partial charge is 0.412 e. The fraction of sp³-hybridized carbons (Fsp3) is 0.364. The SMILES string of the molecule is CCNC(=O)Oc1cnccc1/N=C/N(C)C. The Bertz CT molecular complexity index is 404. The molecule has 0 spiro atoms. The maximum atomic E-state index is 11.3. The molecule has 0 bridgehead atoms. The molecule has 1 heterocycles. The van der Waals surface area contributed by atoms with Crippen LogP contribution in [-0.4, -0.2) is 43.0 Å². The van der Waals surface area contributed by atoms with E-state index in [1.165, 1.54) is 6.20 Å². The van der Waals surface area contributed by atoms with Crippen LogP contribution in [0.15, 0.2) is 23.5 Å². The molecule has 0 saturated carbocycles. The fourth-order valence-corrected chi connectivity index (χ4v) is 1.02. The highest BCUT2D eigenvalue weighted by Crippen LogP contribution is 2.25. The zero-order chi connectivity index (χ0) is 12.7. The van der Waals surface area contributed by atoms with Crippen LogP contribution in [0.2, 0.25) is 0 Å². The van der Waals surface area contributed by atoms with Crippen molar-refractivity contribution in [1.82, 2.24) is 15.2 Å². The van der Waals surface area contributed by atoms with Crippen LogP contribution in [0, 0.1) is 0 Å². The molecule has 1 amide bonds. The van der Waals surface area contributed by atoms with Crippen molar-refractivity contribution in [3.8, 4) is 5.75 Å². The molecule has 0 aliphatic rings. The molecule has 0 aliphatic carbocycles. The van der Waals surface area contributed by atoms with Gasteiger partial charge in [-0.05, 0) is 13.0 Å². The highest BCUT2D eigenvalue weighted by atomic mass is 16.6. The lowest BCUT2D eigenvalue weighted by Gasteiger charge is -2.07. The lowest BCUT2D eigenvalue weighted by Crippen LogP contribution is -2.26. The summed E-state index contributed by atoms with van der Waals surface area (Å²) in [6.07, 6.45) is 4.16. The number of carbonyl (C=O) groups is 1. The Kier molecular flexibility index (Phi) is 4.93. The van der Waals surface area contributed by atoms with Crippen molar-refractivity contribution >= 4 is 18.1 Å². The van der Waals surface area contributed by atoms with Gasteiger partial charge in [-0.15, -0.1) is 0 Å². The van der Waals surface area contributed by atoms with E-state index >= 15 is 0 Å². The molecule has 1 rings (SSSR count). The van der Waals surface area contributed by atoms with E-state index in [1.54, 1.807) is 23.5 Å². The molecule has 0 radical (unpaired) electrons. The first-order valence-corrected chi connectivity index (χ1v) is 5.23. The maximum absolute atomic E-state index is 11.3. The van der Waals surface area contributed by atoms with Crippen LogP contribution in [0.3, 0.4) is 0 Å². The molecule has 0 saturated heterocycles. The number of nitrogens with one attached hydrogen (secondary N) is 1. The highest BCUT2D eigenvalue weighted by molar-refractivity contribution is 5.73. The van der Waals surface area contributed by atoms with Crippen LogP contribution in [0.1, 0.15) is 6.92 Å². The van der Waals surface area contributed by atoms with Gasteiger partial charge in [0.15, 0.2) is 5.75 Å². The second-order valence-electron chi connectivity index (χ2n) is 3.47. The average Bonchev–Trinajstić information content (AvgIpc) is 2.28. The highest BCUT2D eigenvalue weighted by Gasteiger charge is 2.07. The number of hydrogen-bond acceptors (Lipinski definition) is 4. The third kappa shape index (κ3) is 4.50. The number of aliphatic imine (C=N–C) groups is 1. The Balaban J connectivity index is 2.81. The van der Waals surface area contributed by atoms with Crippen LogP contribution in [0.4, 0.5) is 10.5 Å². The Morgan fingerprint density at radius 3 is 3.06 bits per heavy atom. The molecule has 0 atom stereocenters. The van der Waals surface area contributed by atoms with Crippen molar-refractivity contribution in [2.45, 2.75) is 6.92 Å². The van der Waals surface area contributed by atoms with Gasteiger partial charge in [-0.25, -0.2) is 9.79 Å². The first kappa shape index (κ1) is 13.0. The lowest BCUT2D eigenvalue weighted by atomic mass is 10.4. The number of rotatable bonds is 4. The van der Waals surface area contributed by atoms with Gasteiger partial charge in [0.2, 0.25) is 0 Å². The predicted molar refractivity (Wildman–Crippen MR) is 65.8 cm³/mol. The van der Waals surface area contributed by atoms with Crippen LogP contribution in [0.5, 0.6) is 5.75 Å². The van der Waals surface area contributed by atoms with E-state index in [4.69, 9.17) is 4.74 Å². The topological polar surface area (TPSA) is 66.8 Å². The van der Waals surface area contributed by atoms with E-state index in [2.05, 4.69) is 15.3 Å². The van der Waals surface area contributed by atoms with Gasteiger partial charge in [-0.3, -0.25) is 4.98 Å². The fourth-order valence-electron chi connectivity index (χ4n) is 1.02. The minimum Gasteiger partial charge on any atom is -0.406 e. The van der Waals surface area contributed by atoms with Gasteiger partial charge in [-0.2, -0.15) is 0 Å². The summed E-state index contributed by atoms with van der Waals surface area (Å²) in [5.74, 6) is 0.330. The van der Waals surface area contributed by atoms with Crippen molar-refractivity contribution in [2.24, 2.45) is 4.99 Å². The Labute approximate surface area is 100 Å². The summed E-state index contributed by atoms with van der Waals surface area (Å²) in [7, 11) is 3.71. The van der Waals surface area contributed by atoms with E-state index in [9.17, 15) is 4.79 Å². The van der Waals surface area contributed by atoms with Crippen molar-refractivity contribution in [1.29, 1.82) is 0 Å². The summed E-state index contributed by atoms with van der Waals surface area (Å²) in [6.45, 7) is 2.32. The number of aromatic nitrogens is 1. The lowest BCUT2D eigenvalue weighted by molar-refractivity contribution is 0.201. The summed E-state index contributed by atoms with van der Waals surface area (Å²) in [5.41, 5.74) is 0.556. The predicted octanol–water partition coefficient (Wildman–Crippen LogP) is 1.41. The Hall–Kier alpha value is -2.11. The van der Waals surface area contributed by atoms with Gasteiger partial charge in [0, 0.05) is 26.8 Å². The third-order valence-corrected chi connectivity index (χ3v) is 1.71. The van der Waals surface area contributed by atoms with E-state index in [1.807, 2.05) is 21.0 Å². The van der Waals surface area contributed by atoms with Gasteiger partial charge in [0.25, 0.3) is 0 Å². The standard InChI is InChI=1S/C11H16N4O2/c1-4-13-11(16)17-10-7-12-6-5-9(10)14-8-15(2)3/h5-8H,4H2,1-3H3,(H,13,16)/b14-8+. The van der Waals surface area contributed by atoms with E-state index in [-0.39, 0.29) is 0 Å². The van der Waals surface area contributed by atoms with E-state index < -0.39 is 6.09 Å². The molecule has 0 aromatic carbocycles. The van der Waals surface area contributed by atoms with Crippen LogP contribution >= 0.6 is 0 Å². The third-order valence-electron chi connectivity index (χ3n) is 1.71. The second-order valence-corrected chi connectivity index (χ2v) is 3.47. The summed E-state index contributed by atoms with van der Waals surface area (Å²) in [4.78, 5) is 21.1. The zero-order valence-corrected chi connectivity index (χ0v) is 10.2. The molecular weight excluding hydrogens is 220 g/mol. The normalized spacial score (nSPS) is 10.3. The van der Waals surface area contributed by atoms with Crippen molar-refractivity contribution < 1.29 is 9.53 Å². The van der Waals surface area contributed by atoms with Gasteiger partial charge < -0.3 is 15.0 Å². The molecule has 6 nitrogen and oxygen atoms in total. The molecular formula is C11H16N4O2. The number of pyridine rings is 1. The summed E-state index contributed by atoms with van der Waals surface area (Å²) in [5, 5.41) is 2.53. The molecule has 1 aromatic rings. The molecule has 0 aliphatic heterocycles. The zero-order valence-electron chi connectivity index (χ0n) is 10.2. The van der Waals surface area contributed by atoms with Crippen LogP contribution < -0.4 is 10.1 Å². The Morgan fingerprint density at radius 1 is 1.65 bits per heavy atom. The van der Waals surface area contributed by atoms with E-state index in [0.717, 1.165) is 0 Å². The second kappa shape index (κ2) is 6.47. The molecule has 1 aromatic heterocycles. The molecule has 1 N–H and O–H groups in total. The molecule has 6 heteroatoms. The first-order valence-electron chi connectivity index (χ1n) is 5.23. The molecule has 92 valence electrons. The summed E-state index contributed by atoms with van der Waals surface area (Å²) in [6, 6.07) is 1.68. The quantitative estimate of drug-likeness (QED) is 0.634. The smallest absolute Gasteiger partial charge is 0.406 e. The monoisotopic (exact) mass is 236 g/mol. The minimum atomic E-state index is -0.512. The van der Waals surface area contributed by atoms with Crippen molar-refractivity contribution in [3.05, 3.63) is 18.5 Å². The molecule has 17 heavy (non-hydrogen) atoms. The first-order chi connectivity index (χ1) is 8.13. The minimum absolute atomic E-state index is 0.330. The number of hydrogen-bond donors (Lipinski definition) is 1. The van der Waals surface area contributed by atoms with Crippen molar-refractivity contribution in [3.63, 3.8) is 0 Å². The number of amides is 1. The summed E-state index contributed by atoms with van der Waals surface area (Å²) >= 11 is 0. The number of nitrogens with zero attached hydrogens (tertiary/aromatic N) is 3. The van der Waals surface area contributed by atoms with Crippen LogP contribution in [-0.2, 0) is 0 Å². The molecule has 0 unspecified atom stereocenters. The Morgan fingerprint density at radius 2 is 2.41 bits per heavy atom. The van der Waals surface area contributed by atoms with Gasteiger partial charge >= 0.3 is 6.09 Å². The van der Waals surface area contributed by atoms with Gasteiger partial charge in [-0.1, -0.05) is 0 Å². The number of carbonyl (C=O) groups excluding carboxylic acids is 1. The van der Waals surface area contributed by atoms with E-state index in [0.29, 0.717) is 18.0 Å². The molecule has 0 fully saturated rings. The van der Waals surface area contributed by atoms with Gasteiger partial charge in [0.1, 0.15) is 5.69 Å². The maximum Gasteiger partial charge on any atom is 0.412 e. The van der Waals surface area contributed by atoms with Crippen LogP contribution in [0.25, 0.3) is 0 Å². The van der Waals surface area contributed by atoms with Crippen molar-refractivity contribution in [2.75, 3.05) is 20.6 Å². The van der Waals surface area contributed by atoms with Gasteiger partial charge in [0.05, 0.1) is 12.5 Å². The number of ether oxygens (including phenoxy) is 1. The summed E-state index contributed by atoms with van der Waals surface area (Å²) < 4.78 is 5.07.